The van der Waals surface area contributed by atoms with Crippen molar-refractivity contribution in [2.24, 2.45) is 0 Å². The van der Waals surface area contributed by atoms with Crippen molar-refractivity contribution in [3.8, 4) is 5.75 Å². The summed E-state index contributed by atoms with van der Waals surface area (Å²) < 4.78 is 19.1. The predicted molar refractivity (Wildman–Crippen MR) is 82.2 cm³/mol. The molecule has 0 saturated heterocycles. The van der Waals surface area contributed by atoms with Crippen LogP contribution >= 0.6 is 27.5 Å². The first-order chi connectivity index (χ1) is 10.0. The molecule has 0 bridgehead atoms. The van der Waals surface area contributed by atoms with Gasteiger partial charge in [0, 0.05) is 9.50 Å². The number of carbonyl (C=O) groups excluding carboxylic acids is 1. The van der Waals surface area contributed by atoms with Crippen LogP contribution in [0.2, 0.25) is 5.02 Å². The molecule has 1 heterocycles. The lowest BCUT2D eigenvalue weighted by molar-refractivity contribution is -0.121. The first-order valence-corrected chi connectivity index (χ1v) is 7.38. The summed E-state index contributed by atoms with van der Waals surface area (Å²) in [7, 11) is 0. The molecule has 0 spiro atoms. The van der Waals surface area contributed by atoms with E-state index in [1.165, 1.54) is 12.1 Å². The van der Waals surface area contributed by atoms with E-state index in [1.54, 1.807) is 29.2 Å². The van der Waals surface area contributed by atoms with Crippen molar-refractivity contribution in [1.82, 2.24) is 0 Å². The topological polar surface area (TPSA) is 29.5 Å². The van der Waals surface area contributed by atoms with Crippen molar-refractivity contribution in [3.05, 3.63) is 57.3 Å². The second-order valence-corrected chi connectivity index (χ2v) is 5.91. The summed E-state index contributed by atoms with van der Waals surface area (Å²) in [4.78, 5) is 13.7. The number of halogens is 3. The first kappa shape index (κ1) is 14.4. The van der Waals surface area contributed by atoms with E-state index in [0.29, 0.717) is 27.5 Å². The maximum atomic E-state index is 13.1. The molecule has 0 fully saturated rings. The zero-order valence-electron chi connectivity index (χ0n) is 10.8. The molecule has 108 valence electrons. The van der Waals surface area contributed by atoms with Crippen LogP contribution in [0.1, 0.15) is 5.56 Å². The van der Waals surface area contributed by atoms with Gasteiger partial charge in [0.25, 0.3) is 5.91 Å². The Bertz CT molecular complexity index is 723. The highest BCUT2D eigenvalue weighted by atomic mass is 79.9. The zero-order valence-corrected chi connectivity index (χ0v) is 13.1. The Morgan fingerprint density at radius 2 is 2.10 bits per heavy atom. The Balaban J connectivity index is 1.98. The van der Waals surface area contributed by atoms with Gasteiger partial charge in [-0.3, -0.25) is 4.79 Å². The van der Waals surface area contributed by atoms with Gasteiger partial charge in [0.15, 0.2) is 6.61 Å². The number of hydrogen-bond donors (Lipinski definition) is 0. The highest BCUT2D eigenvalue weighted by Gasteiger charge is 2.26. The zero-order chi connectivity index (χ0) is 15.0. The number of fused-ring (bicyclic) bond motifs is 1. The van der Waals surface area contributed by atoms with Gasteiger partial charge in [-0.15, -0.1) is 0 Å². The Kier molecular flexibility index (Phi) is 3.87. The highest BCUT2D eigenvalue weighted by molar-refractivity contribution is 9.10. The minimum absolute atomic E-state index is 0.0204. The molecule has 3 rings (SSSR count). The molecular weight excluding hydrogens is 361 g/mol. The fourth-order valence-electron chi connectivity index (χ4n) is 2.17. The van der Waals surface area contributed by atoms with E-state index in [-0.39, 0.29) is 18.3 Å². The van der Waals surface area contributed by atoms with E-state index in [9.17, 15) is 9.18 Å². The normalized spacial score (nSPS) is 13.9. The smallest absolute Gasteiger partial charge is 0.265 e. The lowest BCUT2D eigenvalue weighted by Crippen LogP contribution is -2.38. The molecule has 0 radical (unpaired) electrons. The third-order valence-electron chi connectivity index (χ3n) is 3.21. The Labute approximate surface area is 134 Å². The van der Waals surface area contributed by atoms with Crippen LogP contribution in [0.3, 0.4) is 0 Å². The molecule has 2 aromatic carbocycles. The molecular formula is C15H10BrClFNO2. The van der Waals surface area contributed by atoms with Gasteiger partial charge in [0.1, 0.15) is 11.6 Å². The molecule has 0 aliphatic carbocycles. The Morgan fingerprint density at radius 3 is 2.86 bits per heavy atom. The fraction of sp³-hybridized carbons (Fsp3) is 0.133. The van der Waals surface area contributed by atoms with Crippen LogP contribution in [-0.2, 0) is 11.3 Å². The van der Waals surface area contributed by atoms with Crippen LogP contribution in [0.15, 0.2) is 40.9 Å². The largest absolute Gasteiger partial charge is 0.482 e. The van der Waals surface area contributed by atoms with Crippen molar-refractivity contribution < 1.29 is 13.9 Å². The predicted octanol–water partition coefficient (Wildman–Crippen LogP) is 4.17. The summed E-state index contributed by atoms with van der Waals surface area (Å²) in [5.74, 6) is 0.112. The van der Waals surface area contributed by atoms with Crippen LogP contribution in [0, 0.1) is 5.82 Å². The van der Waals surface area contributed by atoms with E-state index in [2.05, 4.69) is 15.9 Å². The van der Waals surface area contributed by atoms with Crippen molar-refractivity contribution in [3.63, 3.8) is 0 Å². The minimum Gasteiger partial charge on any atom is -0.482 e. The molecule has 1 amide bonds. The third-order valence-corrected chi connectivity index (χ3v) is 4.18. The van der Waals surface area contributed by atoms with Crippen LogP contribution < -0.4 is 9.64 Å². The molecule has 0 aromatic heterocycles. The van der Waals surface area contributed by atoms with Gasteiger partial charge in [0.05, 0.1) is 12.2 Å². The van der Waals surface area contributed by atoms with Crippen LogP contribution in [0.5, 0.6) is 5.75 Å². The summed E-state index contributed by atoms with van der Waals surface area (Å²) in [6, 6.07) is 9.51. The van der Waals surface area contributed by atoms with Crippen molar-refractivity contribution >= 4 is 39.1 Å². The van der Waals surface area contributed by atoms with E-state index < -0.39 is 0 Å². The molecule has 21 heavy (non-hydrogen) atoms. The van der Waals surface area contributed by atoms with Crippen molar-refractivity contribution in [2.45, 2.75) is 6.54 Å². The van der Waals surface area contributed by atoms with Crippen molar-refractivity contribution in [2.75, 3.05) is 11.5 Å². The summed E-state index contributed by atoms with van der Waals surface area (Å²) in [5, 5.41) is 0.523. The average Bonchev–Trinajstić information content (AvgIpc) is 2.44. The Hall–Kier alpha value is -1.59. The minimum atomic E-state index is -0.331. The second kappa shape index (κ2) is 5.66. The maximum absolute atomic E-state index is 13.1. The molecule has 1 aliphatic heterocycles. The lowest BCUT2D eigenvalue weighted by Gasteiger charge is -2.29. The standard InChI is InChI=1S/C15H10BrClFNO2/c16-12-6-11(18)3-1-9(12)7-19-13-5-10(17)2-4-14(13)21-8-15(19)20/h1-6H,7-8H2. The number of nitrogens with zero attached hydrogens (tertiary/aromatic N) is 1. The monoisotopic (exact) mass is 369 g/mol. The van der Waals surface area contributed by atoms with Crippen LogP contribution in [-0.4, -0.2) is 12.5 Å². The fourth-order valence-corrected chi connectivity index (χ4v) is 2.81. The van der Waals surface area contributed by atoms with E-state index in [4.69, 9.17) is 16.3 Å². The SMILES string of the molecule is O=C1COc2ccc(Cl)cc2N1Cc1ccc(F)cc1Br. The number of amides is 1. The van der Waals surface area contributed by atoms with Crippen molar-refractivity contribution in [1.29, 1.82) is 0 Å². The van der Waals surface area contributed by atoms with E-state index >= 15 is 0 Å². The van der Waals surface area contributed by atoms with Crippen LogP contribution in [0.25, 0.3) is 0 Å². The van der Waals surface area contributed by atoms with Gasteiger partial charge < -0.3 is 9.64 Å². The molecule has 0 saturated carbocycles. The third kappa shape index (κ3) is 2.89. The quantitative estimate of drug-likeness (QED) is 0.794. The lowest BCUT2D eigenvalue weighted by atomic mass is 10.1. The van der Waals surface area contributed by atoms with Gasteiger partial charge in [0.2, 0.25) is 0 Å². The van der Waals surface area contributed by atoms with Gasteiger partial charge in [-0.2, -0.15) is 0 Å². The summed E-state index contributed by atoms with van der Waals surface area (Å²) in [5.41, 5.74) is 1.42. The molecule has 0 N–H and O–H groups in total. The number of carbonyl (C=O) groups is 1. The first-order valence-electron chi connectivity index (χ1n) is 6.21. The second-order valence-electron chi connectivity index (χ2n) is 4.62. The number of ether oxygens (including phenoxy) is 1. The number of hydrogen-bond acceptors (Lipinski definition) is 2. The van der Waals surface area contributed by atoms with E-state index in [0.717, 1.165) is 5.56 Å². The van der Waals surface area contributed by atoms with E-state index in [1.807, 2.05) is 0 Å². The molecule has 6 heteroatoms. The molecule has 0 atom stereocenters. The molecule has 1 aliphatic rings. The number of rotatable bonds is 2. The summed E-state index contributed by atoms with van der Waals surface area (Å²) in [6.07, 6.45) is 0. The highest BCUT2D eigenvalue weighted by Crippen LogP contribution is 2.36. The maximum Gasteiger partial charge on any atom is 0.265 e. The van der Waals surface area contributed by atoms with Gasteiger partial charge in [-0.25, -0.2) is 4.39 Å². The molecule has 3 nitrogen and oxygen atoms in total. The molecule has 0 unspecified atom stereocenters. The van der Waals surface area contributed by atoms with Gasteiger partial charge in [-0.05, 0) is 35.9 Å². The van der Waals surface area contributed by atoms with Gasteiger partial charge in [-0.1, -0.05) is 33.6 Å². The summed E-state index contributed by atoms with van der Waals surface area (Å²) >= 11 is 9.31. The molecule has 2 aromatic rings. The summed E-state index contributed by atoms with van der Waals surface area (Å²) in [6.45, 7) is 0.295. The number of anilines is 1. The van der Waals surface area contributed by atoms with Crippen LogP contribution in [0.4, 0.5) is 10.1 Å². The Morgan fingerprint density at radius 1 is 1.29 bits per heavy atom. The average molecular weight is 371 g/mol. The van der Waals surface area contributed by atoms with Gasteiger partial charge >= 0.3 is 0 Å². The number of benzene rings is 2.